The lowest BCUT2D eigenvalue weighted by molar-refractivity contribution is 0.0227. The van der Waals surface area contributed by atoms with E-state index in [1.807, 2.05) is 6.08 Å². The van der Waals surface area contributed by atoms with Crippen LogP contribution in [0.5, 0.6) is 5.75 Å². The van der Waals surface area contributed by atoms with E-state index >= 15 is 0 Å². The van der Waals surface area contributed by atoms with Crippen LogP contribution in [0.3, 0.4) is 0 Å². The number of allylic oxidation sites excluding steroid dienone is 9. The molecule has 0 bridgehead atoms. The Morgan fingerprint density at radius 1 is 0.662 bits per heavy atom. The van der Waals surface area contributed by atoms with Crippen molar-refractivity contribution in [3.8, 4) is 16.9 Å². The molecule has 1 aliphatic rings. The first-order valence-electron chi connectivity index (χ1n) is 26.3. The molecule has 1 aliphatic carbocycles. The summed E-state index contributed by atoms with van der Waals surface area (Å²) in [5.41, 5.74) is 25.6. The molecule has 5 rings (SSSR count). The number of hydrogen-bond acceptors (Lipinski definition) is 2. The van der Waals surface area contributed by atoms with Crippen LogP contribution in [0, 0.1) is 36.0 Å². The Balaban J connectivity index is 1.34. The van der Waals surface area contributed by atoms with Gasteiger partial charge >= 0.3 is 0 Å². The fourth-order valence-electron chi connectivity index (χ4n) is 11.0. The van der Waals surface area contributed by atoms with Gasteiger partial charge in [-0.15, -0.1) is 0 Å². The molecule has 2 N–H and O–H groups in total. The number of rotatable bonds is 22. The quantitative estimate of drug-likeness (QED) is 0.0798. The highest BCUT2D eigenvalue weighted by atomic mass is 16.5. The molecule has 0 amide bonds. The van der Waals surface area contributed by atoms with Crippen LogP contribution >= 0.6 is 0 Å². The molecule has 0 aromatic heterocycles. The number of nitrogens with two attached hydrogens (primary N) is 1. The minimum atomic E-state index is -0.143. The van der Waals surface area contributed by atoms with Gasteiger partial charge in [-0.1, -0.05) is 208 Å². The maximum atomic E-state index is 7.03. The molecule has 4 aromatic rings. The predicted octanol–water partition coefficient (Wildman–Crippen LogP) is 18.4. The molecule has 0 radical (unpaired) electrons. The molecule has 2 heteroatoms. The van der Waals surface area contributed by atoms with Crippen molar-refractivity contribution >= 4 is 5.57 Å². The summed E-state index contributed by atoms with van der Waals surface area (Å²) in [6.45, 7) is 42.5. The lowest BCUT2D eigenvalue weighted by atomic mass is 9.53. The first-order valence-corrected chi connectivity index (χ1v) is 26.3. The van der Waals surface area contributed by atoms with E-state index in [1.165, 1.54) is 66.8 Å². The van der Waals surface area contributed by atoms with E-state index in [0.717, 1.165) is 69.3 Å². The third-order valence-electron chi connectivity index (χ3n) is 17.9. The van der Waals surface area contributed by atoms with Gasteiger partial charge in [0.2, 0.25) is 0 Å². The van der Waals surface area contributed by atoms with Crippen LogP contribution in [0.4, 0.5) is 0 Å². The molecule has 0 fully saturated rings. The van der Waals surface area contributed by atoms with E-state index in [0.29, 0.717) is 12.5 Å². The zero-order valence-electron chi connectivity index (χ0n) is 45.7. The van der Waals surface area contributed by atoms with Gasteiger partial charge in [-0.3, -0.25) is 0 Å². The van der Waals surface area contributed by atoms with E-state index in [1.54, 1.807) is 5.57 Å². The Hall–Kier alpha value is -4.66. The van der Waals surface area contributed by atoms with E-state index in [2.05, 4.69) is 221 Å². The number of hydrogen-bond donors (Lipinski definition) is 1. The first-order chi connectivity index (χ1) is 32.1. The summed E-state index contributed by atoms with van der Waals surface area (Å²) in [7, 11) is 0. The maximum absolute atomic E-state index is 7.03. The van der Waals surface area contributed by atoms with Gasteiger partial charge in [0.05, 0.1) is 6.61 Å². The molecule has 0 spiro atoms. The molecular formula is C66H91NO. The van der Waals surface area contributed by atoms with Crippen LogP contribution in [0.1, 0.15) is 181 Å². The van der Waals surface area contributed by atoms with Crippen molar-refractivity contribution in [1.82, 2.24) is 0 Å². The SMILES string of the molecule is C=C/C(=C\C(C)=C(C)C)c1ccc(C(C)(C)c2ccc(-c3ccc(CC(CC)(CN)C(CC)(CC)CC4=CC=C(C(C)(C)c5ccc(OCC(C)(CC)CC)c(C)c5)CC4C)c(C)c3)cc2)cc1. The summed E-state index contributed by atoms with van der Waals surface area (Å²) < 4.78 is 6.42. The molecule has 0 saturated carbocycles. The lowest BCUT2D eigenvalue weighted by Crippen LogP contribution is -2.48. The zero-order valence-corrected chi connectivity index (χ0v) is 45.7. The zero-order chi connectivity index (χ0) is 50.2. The van der Waals surface area contributed by atoms with Crippen molar-refractivity contribution < 1.29 is 4.74 Å². The van der Waals surface area contributed by atoms with Crippen molar-refractivity contribution in [2.24, 2.45) is 27.9 Å². The van der Waals surface area contributed by atoms with Crippen molar-refractivity contribution in [2.75, 3.05) is 13.2 Å². The van der Waals surface area contributed by atoms with Gasteiger partial charge in [-0.25, -0.2) is 0 Å². The molecule has 0 saturated heterocycles. The average molecular weight is 914 g/mol. The summed E-state index contributed by atoms with van der Waals surface area (Å²) in [4.78, 5) is 0. The van der Waals surface area contributed by atoms with Gasteiger partial charge in [-0.05, 0) is 171 Å². The van der Waals surface area contributed by atoms with Crippen LogP contribution < -0.4 is 10.5 Å². The Morgan fingerprint density at radius 2 is 1.24 bits per heavy atom. The molecule has 2 unspecified atom stereocenters. The van der Waals surface area contributed by atoms with Gasteiger partial charge in [0.15, 0.2) is 0 Å². The van der Waals surface area contributed by atoms with E-state index in [-0.39, 0.29) is 27.1 Å². The second-order valence-corrected chi connectivity index (χ2v) is 22.5. The number of ether oxygens (including phenoxy) is 1. The Bertz CT molecular complexity index is 2460. The van der Waals surface area contributed by atoms with Crippen LogP contribution in [0.15, 0.2) is 138 Å². The third kappa shape index (κ3) is 11.5. The topological polar surface area (TPSA) is 35.2 Å². The molecule has 2 nitrogen and oxygen atoms in total. The molecule has 0 aliphatic heterocycles. The fourth-order valence-corrected chi connectivity index (χ4v) is 11.0. The molecule has 68 heavy (non-hydrogen) atoms. The molecule has 366 valence electrons. The fraction of sp³-hybridized carbons (Fsp3) is 0.485. The number of benzene rings is 4. The minimum absolute atomic E-state index is 0.0286. The highest BCUT2D eigenvalue weighted by Crippen LogP contribution is 2.55. The largest absolute Gasteiger partial charge is 0.493 e. The van der Waals surface area contributed by atoms with Crippen LogP contribution in [-0.2, 0) is 17.3 Å². The van der Waals surface area contributed by atoms with Crippen molar-refractivity contribution in [2.45, 2.75) is 173 Å². The van der Waals surface area contributed by atoms with E-state index in [9.17, 15) is 0 Å². The van der Waals surface area contributed by atoms with Crippen molar-refractivity contribution in [1.29, 1.82) is 0 Å². The van der Waals surface area contributed by atoms with Gasteiger partial charge in [-0.2, -0.15) is 0 Å². The van der Waals surface area contributed by atoms with Crippen LogP contribution in [0.25, 0.3) is 16.7 Å². The third-order valence-corrected chi connectivity index (χ3v) is 17.9. The van der Waals surface area contributed by atoms with Gasteiger partial charge in [0, 0.05) is 16.2 Å². The average Bonchev–Trinajstić information content (AvgIpc) is 3.34. The normalized spacial score (nSPS) is 15.9. The second kappa shape index (κ2) is 22.4. The minimum Gasteiger partial charge on any atom is -0.493 e. The molecule has 2 atom stereocenters. The summed E-state index contributed by atoms with van der Waals surface area (Å²) in [6, 6.07) is 32.3. The Morgan fingerprint density at radius 3 is 1.74 bits per heavy atom. The first kappa shape index (κ1) is 54.3. The van der Waals surface area contributed by atoms with Crippen molar-refractivity contribution in [3.63, 3.8) is 0 Å². The Kier molecular flexibility index (Phi) is 17.9. The van der Waals surface area contributed by atoms with Gasteiger partial charge < -0.3 is 10.5 Å². The maximum Gasteiger partial charge on any atom is 0.122 e. The summed E-state index contributed by atoms with van der Waals surface area (Å²) in [6.07, 6.45) is 17.8. The standard InChI is InChI=1S/C66H91NO/c1-18-51(38-47(9)46(7)8)52-26-31-57(32-27-52)62(13,14)58-33-28-53(29-34-58)54-24-25-55(48(10)39-54)43-66(23-6,44-67)65(21-4,22-5)42-56-30-35-59(40-49(56)11)63(15,16)60-36-37-61(50(12)41-60)68-45-64(17,19-2)20-3/h18,24-39,41,49H,1,19-23,40,42-45,67H2,2-17H3/b51-38+. The second-order valence-electron chi connectivity index (χ2n) is 22.5. The molecule has 0 heterocycles. The predicted molar refractivity (Wildman–Crippen MR) is 299 cm³/mol. The molecular weight excluding hydrogens is 823 g/mol. The lowest BCUT2D eigenvalue weighted by Gasteiger charge is -2.52. The molecule has 4 aromatic carbocycles. The van der Waals surface area contributed by atoms with Gasteiger partial charge in [0.25, 0.3) is 0 Å². The Labute approximate surface area is 416 Å². The highest BCUT2D eigenvalue weighted by Gasteiger charge is 2.48. The van der Waals surface area contributed by atoms with Crippen LogP contribution in [-0.4, -0.2) is 13.2 Å². The smallest absolute Gasteiger partial charge is 0.122 e. The number of aryl methyl sites for hydroxylation is 2. The monoisotopic (exact) mass is 914 g/mol. The van der Waals surface area contributed by atoms with E-state index < -0.39 is 0 Å². The summed E-state index contributed by atoms with van der Waals surface area (Å²) >= 11 is 0. The van der Waals surface area contributed by atoms with Gasteiger partial charge in [0.1, 0.15) is 5.75 Å². The summed E-state index contributed by atoms with van der Waals surface area (Å²) in [5.74, 6) is 1.48. The van der Waals surface area contributed by atoms with Crippen LogP contribution in [0.2, 0.25) is 0 Å². The summed E-state index contributed by atoms with van der Waals surface area (Å²) in [5, 5.41) is 0. The van der Waals surface area contributed by atoms with Crippen molar-refractivity contribution in [3.05, 3.63) is 177 Å². The van der Waals surface area contributed by atoms with E-state index in [4.69, 9.17) is 10.5 Å². The highest BCUT2D eigenvalue weighted by molar-refractivity contribution is 5.76.